The predicted molar refractivity (Wildman–Crippen MR) is 97.6 cm³/mol. The van der Waals surface area contributed by atoms with E-state index in [1.807, 2.05) is 0 Å². The van der Waals surface area contributed by atoms with Gasteiger partial charge in [0.25, 0.3) is 8.32 Å². The number of nitrogens with zero attached hydrogens (tertiary/aromatic N) is 2. The summed E-state index contributed by atoms with van der Waals surface area (Å²) >= 11 is 0. The summed E-state index contributed by atoms with van der Waals surface area (Å²) in [6, 6.07) is 1.71. The maximum Gasteiger partial charge on any atom is 0.356 e. The molecule has 1 heterocycles. The van der Waals surface area contributed by atoms with Crippen molar-refractivity contribution >= 4 is 14.3 Å². The first-order valence-corrected chi connectivity index (χ1v) is 10.8. The zero-order valence-electron chi connectivity index (χ0n) is 15.2. The van der Waals surface area contributed by atoms with E-state index in [1.54, 1.807) is 17.7 Å². The van der Waals surface area contributed by atoms with Crippen LogP contribution < -0.4 is 4.43 Å². The van der Waals surface area contributed by atoms with E-state index in [-0.39, 0.29) is 18.4 Å². The molecule has 0 aliphatic carbocycles. The molecule has 23 heavy (non-hydrogen) atoms. The minimum absolute atomic E-state index is 0. The maximum absolute atomic E-state index is 12.1. The Kier molecular flexibility index (Phi) is 7.54. The Bertz CT molecular complexity index is 516. The normalized spacial score (nSPS) is 12.0. The third-order valence-electron chi connectivity index (χ3n) is 3.95. The summed E-state index contributed by atoms with van der Waals surface area (Å²) in [7, 11) is -1.98. The largest absolute Gasteiger partial charge is 0.530 e. The van der Waals surface area contributed by atoms with Gasteiger partial charge in [0.1, 0.15) is 5.69 Å². The van der Waals surface area contributed by atoms with Gasteiger partial charge in [0.15, 0.2) is 0 Å². The summed E-state index contributed by atoms with van der Waals surface area (Å²) in [6.07, 6.45) is 0. The van der Waals surface area contributed by atoms with Crippen molar-refractivity contribution in [2.45, 2.75) is 73.6 Å². The highest BCUT2D eigenvalue weighted by molar-refractivity contribution is 6.74. The molecule has 0 N–H and O–H groups in total. The zero-order valence-corrected chi connectivity index (χ0v) is 16.2. The minimum atomic E-state index is -1.98. The third kappa shape index (κ3) is 5.68. The predicted octanol–water partition coefficient (Wildman–Crippen LogP) is 4.74. The first-order valence-electron chi connectivity index (χ1n) is 7.92. The summed E-state index contributed by atoms with van der Waals surface area (Å²) < 4.78 is 13.0. The Balaban J connectivity index is 0.00000484. The molecule has 0 aliphatic heterocycles. The maximum atomic E-state index is 12.1. The molecule has 0 unspecified atom stereocenters. The first-order chi connectivity index (χ1) is 9.98. The van der Waals surface area contributed by atoms with Crippen LogP contribution in [0.5, 0.6) is 5.88 Å². The molecule has 0 aromatic carbocycles. The summed E-state index contributed by atoms with van der Waals surface area (Å²) in [6.45, 7) is 17.9. The van der Waals surface area contributed by atoms with Crippen LogP contribution >= 0.6 is 0 Å². The van der Waals surface area contributed by atoms with Crippen molar-refractivity contribution in [3.63, 3.8) is 0 Å². The topological polar surface area (TPSA) is 53.4 Å². The van der Waals surface area contributed by atoms with Gasteiger partial charge < -0.3 is 9.16 Å². The average molecular weight is 343 g/mol. The minimum Gasteiger partial charge on any atom is -0.530 e. The van der Waals surface area contributed by atoms with E-state index in [0.717, 1.165) is 0 Å². The molecule has 1 aromatic rings. The fourth-order valence-electron chi connectivity index (χ4n) is 1.71. The number of hydrogen-bond donors (Lipinski definition) is 0. The highest BCUT2D eigenvalue weighted by Crippen LogP contribution is 2.37. The fraction of sp³-hybridized carbons (Fsp3) is 0.765. The van der Waals surface area contributed by atoms with E-state index in [4.69, 9.17) is 9.16 Å². The van der Waals surface area contributed by atoms with Crippen molar-refractivity contribution in [2.24, 2.45) is 5.92 Å². The van der Waals surface area contributed by atoms with E-state index in [0.29, 0.717) is 30.6 Å². The second-order valence-electron chi connectivity index (χ2n) is 7.53. The van der Waals surface area contributed by atoms with Crippen LogP contribution in [0.2, 0.25) is 18.1 Å². The lowest BCUT2D eigenvalue weighted by Gasteiger charge is -2.35. The Morgan fingerprint density at radius 3 is 2.35 bits per heavy atom. The Labute approximate surface area is 142 Å². The smallest absolute Gasteiger partial charge is 0.356 e. The van der Waals surface area contributed by atoms with Crippen LogP contribution in [0.1, 0.15) is 59.5 Å². The van der Waals surface area contributed by atoms with Crippen molar-refractivity contribution in [2.75, 3.05) is 6.61 Å². The molecule has 0 bridgehead atoms. The van der Waals surface area contributed by atoms with E-state index >= 15 is 0 Å². The van der Waals surface area contributed by atoms with Gasteiger partial charge in [-0.05, 0) is 31.0 Å². The highest BCUT2D eigenvalue weighted by Gasteiger charge is 2.39. The zero-order chi connectivity index (χ0) is 17.1. The molecule has 0 atom stereocenters. The quantitative estimate of drug-likeness (QED) is 0.553. The number of aromatic nitrogens is 2. The van der Waals surface area contributed by atoms with Crippen LogP contribution in [0.25, 0.3) is 0 Å². The SMILES string of the molecule is C.CCOC(=O)c1cc(O[Si](C)(C)C(C)(C)C)nn1CC(C)C. The van der Waals surface area contributed by atoms with Crippen molar-refractivity contribution < 1.29 is 14.0 Å². The van der Waals surface area contributed by atoms with Crippen molar-refractivity contribution in [3.05, 3.63) is 11.8 Å². The van der Waals surface area contributed by atoms with Gasteiger partial charge in [-0.25, -0.2) is 4.79 Å². The van der Waals surface area contributed by atoms with E-state index in [9.17, 15) is 4.79 Å². The van der Waals surface area contributed by atoms with Gasteiger partial charge in [-0.1, -0.05) is 42.0 Å². The van der Waals surface area contributed by atoms with Gasteiger partial charge in [0.2, 0.25) is 5.88 Å². The lowest BCUT2D eigenvalue weighted by Crippen LogP contribution is -2.44. The van der Waals surface area contributed by atoms with E-state index < -0.39 is 8.32 Å². The monoisotopic (exact) mass is 342 g/mol. The third-order valence-corrected chi connectivity index (χ3v) is 8.28. The summed E-state index contributed by atoms with van der Waals surface area (Å²) in [4.78, 5) is 12.1. The number of rotatable bonds is 6. The number of hydrogen-bond acceptors (Lipinski definition) is 4. The average Bonchev–Trinajstić information content (AvgIpc) is 2.69. The van der Waals surface area contributed by atoms with Crippen LogP contribution in [-0.4, -0.2) is 30.7 Å². The van der Waals surface area contributed by atoms with E-state index in [1.165, 1.54) is 0 Å². The molecule has 5 nitrogen and oxygen atoms in total. The van der Waals surface area contributed by atoms with Crippen molar-refractivity contribution in [3.8, 4) is 5.88 Å². The summed E-state index contributed by atoms with van der Waals surface area (Å²) in [5.74, 6) is 0.560. The van der Waals surface area contributed by atoms with Gasteiger partial charge in [0, 0.05) is 12.6 Å². The second-order valence-corrected chi connectivity index (χ2v) is 12.3. The van der Waals surface area contributed by atoms with Crippen LogP contribution in [-0.2, 0) is 11.3 Å². The lowest BCUT2D eigenvalue weighted by molar-refractivity contribution is 0.0511. The number of esters is 1. The standard InChI is InChI=1S/C16H30N2O3Si.CH4/c1-9-20-15(19)13-10-14(17-18(13)11-12(2)3)21-22(7,8)16(4,5)6;/h10,12H,9,11H2,1-8H3;1H4. The molecule has 1 aromatic heterocycles. The van der Waals surface area contributed by atoms with Crippen molar-refractivity contribution in [1.29, 1.82) is 0 Å². The number of carbonyl (C=O) groups excluding carboxylic acids is 1. The molecule has 0 aliphatic rings. The molecular formula is C17H34N2O3Si. The molecule has 0 spiro atoms. The van der Waals surface area contributed by atoms with Crippen molar-refractivity contribution in [1.82, 2.24) is 9.78 Å². The van der Waals surface area contributed by atoms with Crippen LogP contribution in [0.3, 0.4) is 0 Å². The molecule has 0 radical (unpaired) electrons. The van der Waals surface area contributed by atoms with Gasteiger partial charge >= 0.3 is 5.97 Å². The summed E-state index contributed by atoms with van der Waals surface area (Å²) in [5.41, 5.74) is 0.462. The molecule has 1 rings (SSSR count). The number of carbonyl (C=O) groups is 1. The Hall–Kier alpha value is -1.30. The van der Waals surface area contributed by atoms with Crippen LogP contribution in [0.15, 0.2) is 6.07 Å². The first kappa shape index (κ1) is 21.7. The summed E-state index contributed by atoms with van der Waals surface area (Å²) in [5, 5.41) is 4.56. The Morgan fingerprint density at radius 2 is 1.91 bits per heavy atom. The highest BCUT2D eigenvalue weighted by atomic mass is 28.4. The van der Waals surface area contributed by atoms with Gasteiger partial charge in [-0.3, -0.25) is 4.68 Å². The molecule has 0 fully saturated rings. The van der Waals surface area contributed by atoms with Gasteiger partial charge in [0.05, 0.1) is 6.61 Å². The molecule has 0 saturated heterocycles. The molecule has 0 saturated carbocycles. The Morgan fingerprint density at radius 1 is 1.35 bits per heavy atom. The van der Waals surface area contributed by atoms with Gasteiger partial charge in [-0.2, -0.15) is 0 Å². The van der Waals surface area contributed by atoms with Gasteiger partial charge in [-0.15, -0.1) is 5.10 Å². The number of ether oxygens (including phenoxy) is 1. The second kappa shape index (κ2) is 7.99. The van der Waals surface area contributed by atoms with Crippen LogP contribution in [0.4, 0.5) is 0 Å². The molecule has 134 valence electrons. The molecule has 6 heteroatoms. The van der Waals surface area contributed by atoms with E-state index in [2.05, 4.69) is 52.8 Å². The lowest BCUT2D eigenvalue weighted by atomic mass is 10.2. The van der Waals surface area contributed by atoms with Crippen LogP contribution in [0, 0.1) is 5.92 Å². The molecular weight excluding hydrogens is 308 g/mol. The fourth-order valence-corrected chi connectivity index (χ4v) is 2.64. The molecule has 0 amide bonds.